The van der Waals surface area contributed by atoms with Gasteiger partial charge in [0.15, 0.2) is 0 Å². The van der Waals surface area contributed by atoms with E-state index in [0.29, 0.717) is 23.6 Å². The first-order valence-electron chi connectivity index (χ1n) is 10.0. The first-order valence-corrected chi connectivity index (χ1v) is 11.5. The summed E-state index contributed by atoms with van der Waals surface area (Å²) in [6.07, 6.45) is 2.90. The Bertz CT molecular complexity index is 1060. The zero-order valence-corrected chi connectivity index (χ0v) is 19.3. The van der Waals surface area contributed by atoms with Gasteiger partial charge < -0.3 is 18.9 Å². The van der Waals surface area contributed by atoms with Crippen molar-refractivity contribution < 1.29 is 32.2 Å². The summed E-state index contributed by atoms with van der Waals surface area (Å²) >= 11 is 0. The van der Waals surface area contributed by atoms with Gasteiger partial charge in [-0.25, -0.2) is 13.2 Å². The van der Waals surface area contributed by atoms with Crippen LogP contribution in [0.15, 0.2) is 59.5 Å². The molecule has 0 aliphatic carbocycles. The number of hydrogen-bond acceptors (Lipinski definition) is 7. The van der Waals surface area contributed by atoms with Crippen LogP contribution in [0.2, 0.25) is 0 Å². The molecule has 2 unspecified atom stereocenters. The van der Waals surface area contributed by atoms with Gasteiger partial charge in [0.05, 0.1) is 38.0 Å². The van der Waals surface area contributed by atoms with Crippen LogP contribution in [0.4, 0.5) is 5.69 Å². The summed E-state index contributed by atoms with van der Waals surface area (Å²) in [5, 5.41) is 0. The Morgan fingerprint density at radius 2 is 1.69 bits per heavy atom. The fraction of sp³-hybridized carbons (Fsp3) is 0.348. The number of ether oxygens (including phenoxy) is 4. The van der Waals surface area contributed by atoms with Crippen LogP contribution in [0.3, 0.4) is 0 Å². The predicted octanol–water partition coefficient (Wildman–Crippen LogP) is 3.09. The summed E-state index contributed by atoms with van der Waals surface area (Å²) in [7, 11) is 0.454. The summed E-state index contributed by atoms with van der Waals surface area (Å²) in [5.74, 6) is 0.487. The molecule has 0 amide bonds. The molecule has 32 heavy (non-hydrogen) atoms. The summed E-state index contributed by atoms with van der Waals surface area (Å²) in [6.45, 7) is 2.06. The number of aryl methyl sites for hydroxylation is 1. The van der Waals surface area contributed by atoms with Crippen molar-refractivity contribution in [2.24, 2.45) is 0 Å². The smallest absolute Gasteiger partial charge is 0.330 e. The molecule has 9 heteroatoms. The largest absolute Gasteiger partial charge is 0.497 e. The summed E-state index contributed by atoms with van der Waals surface area (Å²) in [5.41, 5.74) is 1.38. The van der Waals surface area contributed by atoms with Gasteiger partial charge in [-0.15, -0.1) is 0 Å². The van der Waals surface area contributed by atoms with Gasteiger partial charge in [-0.1, -0.05) is 17.7 Å². The average molecular weight is 462 g/mol. The van der Waals surface area contributed by atoms with Gasteiger partial charge >= 0.3 is 5.97 Å². The van der Waals surface area contributed by atoms with E-state index in [1.54, 1.807) is 48.5 Å². The van der Waals surface area contributed by atoms with Crippen LogP contribution in [-0.4, -0.2) is 54.5 Å². The van der Waals surface area contributed by atoms with Gasteiger partial charge in [0.25, 0.3) is 10.0 Å². The third-order valence-corrected chi connectivity index (χ3v) is 6.94. The number of rotatable bonds is 10. The molecule has 1 saturated heterocycles. The Morgan fingerprint density at radius 3 is 2.25 bits per heavy atom. The second-order valence-electron chi connectivity index (χ2n) is 7.27. The zero-order valence-electron chi connectivity index (χ0n) is 18.5. The third kappa shape index (κ3) is 5.60. The summed E-state index contributed by atoms with van der Waals surface area (Å²) in [6, 6.07) is 11.7. The highest BCUT2D eigenvalue weighted by atomic mass is 32.2. The van der Waals surface area contributed by atoms with Gasteiger partial charge in [-0.05, 0) is 31.6 Å². The van der Waals surface area contributed by atoms with E-state index in [9.17, 15) is 13.2 Å². The van der Waals surface area contributed by atoms with Crippen LogP contribution in [0.1, 0.15) is 12.0 Å². The highest BCUT2D eigenvalue weighted by Crippen LogP contribution is 2.34. The fourth-order valence-corrected chi connectivity index (χ4v) is 4.67. The van der Waals surface area contributed by atoms with E-state index in [1.807, 2.05) is 6.92 Å². The lowest BCUT2D eigenvalue weighted by atomic mass is 10.2. The molecule has 0 saturated carbocycles. The molecular weight excluding hydrogens is 434 g/mol. The molecule has 3 rings (SSSR count). The number of nitrogens with zero attached hydrogens (tertiary/aromatic N) is 1. The maximum Gasteiger partial charge on any atom is 0.330 e. The lowest BCUT2D eigenvalue weighted by Crippen LogP contribution is -2.33. The normalized spacial score (nSPS) is 17.8. The number of anilines is 1. The number of epoxide rings is 1. The minimum Gasteiger partial charge on any atom is -0.497 e. The van der Waals surface area contributed by atoms with Gasteiger partial charge in [0.2, 0.25) is 0 Å². The number of hydrogen-bond donors (Lipinski definition) is 0. The Morgan fingerprint density at radius 1 is 1.06 bits per heavy atom. The topological polar surface area (TPSA) is 94.7 Å². The highest BCUT2D eigenvalue weighted by molar-refractivity contribution is 7.92. The monoisotopic (exact) mass is 461 g/mol. The fourth-order valence-electron chi connectivity index (χ4n) is 3.21. The Hall–Kier alpha value is -3.04. The standard InChI is InChI=1S/C23H27NO7S/c1-16-5-7-20(8-6-16)32(26,27)24(17-13-18(28-2)15-19(14-17)29-3)12-11-22-21(31-22)9-10-23(25)30-4/h5-10,13-15,21-22H,11-12H2,1-4H3/b10-9+. The molecular formula is C23H27NO7S. The van der Waals surface area contributed by atoms with Crippen molar-refractivity contribution >= 4 is 21.7 Å². The van der Waals surface area contributed by atoms with Crippen molar-refractivity contribution in [2.75, 3.05) is 32.2 Å². The molecule has 0 bridgehead atoms. The molecule has 0 aromatic heterocycles. The molecule has 2 aromatic rings. The second kappa shape index (κ2) is 10.1. The Balaban J connectivity index is 1.88. The van der Waals surface area contributed by atoms with Crippen molar-refractivity contribution in [3.63, 3.8) is 0 Å². The molecule has 1 aliphatic heterocycles. The van der Waals surface area contributed by atoms with Crippen LogP contribution in [-0.2, 0) is 24.3 Å². The number of carbonyl (C=O) groups excluding carboxylic acids is 1. The van der Waals surface area contributed by atoms with E-state index in [4.69, 9.17) is 14.2 Å². The summed E-state index contributed by atoms with van der Waals surface area (Å²) in [4.78, 5) is 11.4. The van der Waals surface area contributed by atoms with Gasteiger partial charge in [-0.2, -0.15) is 0 Å². The van der Waals surface area contributed by atoms with Crippen molar-refractivity contribution in [1.29, 1.82) is 0 Å². The lowest BCUT2D eigenvalue weighted by Gasteiger charge is -2.25. The molecule has 8 nitrogen and oxygen atoms in total. The quantitative estimate of drug-likeness (QED) is 0.305. The molecule has 2 atom stereocenters. The summed E-state index contributed by atoms with van der Waals surface area (Å²) < 4.78 is 49.2. The minimum absolute atomic E-state index is 0.166. The zero-order chi connectivity index (χ0) is 23.3. The first-order chi connectivity index (χ1) is 15.3. The number of carbonyl (C=O) groups is 1. The van der Waals surface area contributed by atoms with Crippen LogP contribution in [0.5, 0.6) is 11.5 Å². The molecule has 1 fully saturated rings. The third-order valence-electron chi connectivity index (χ3n) is 5.09. The van der Waals surface area contributed by atoms with Crippen molar-refractivity contribution in [3.8, 4) is 11.5 Å². The highest BCUT2D eigenvalue weighted by Gasteiger charge is 2.38. The van der Waals surface area contributed by atoms with E-state index in [2.05, 4.69) is 4.74 Å². The molecule has 1 aliphatic rings. The average Bonchev–Trinajstić information content (AvgIpc) is 3.55. The van der Waals surface area contributed by atoms with Gasteiger partial charge in [0, 0.05) is 30.8 Å². The number of sulfonamides is 1. The Kier molecular flexibility index (Phi) is 7.42. The van der Waals surface area contributed by atoms with Crippen LogP contribution < -0.4 is 13.8 Å². The molecule has 1 heterocycles. The maximum atomic E-state index is 13.5. The number of esters is 1. The van der Waals surface area contributed by atoms with Crippen molar-refractivity contribution in [3.05, 3.63) is 60.2 Å². The van der Waals surface area contributed by atoms with E-state index in [1.165, 1.54) is 31.7 Å². The van der Waals surface area contributed by atoms with Crippen LogP contribution in [0, 0.1) is 6.92 Å². The molecule has 2 aromatic carbocycles. The number of benzene rings is 2. The molecule has 172 valence electrons. The maximum absolute atomic E-state index is 13.5. The Labute approximate surface area is 188 Å². The molecule has 0 spiro atoms. The van der Waals surface area contributed by atoms with E-state index in [0.717, 1.165) is 5.56 Å². The minimum atomic E-state index is -3.86. The van der Waals surface area contributed by atoms with E-state index in [-0.39, 0.29) is 23.6 Å². The molecule has 0 radical (unpaired) electrons. The molecule has 0 N–H and O–H groups in total. The lowest BCUT2D eigenvalue weighted by molar-refractivity contribution is -0.134. The van der Waals surface area contributed by atoms with Crippen LogP contribution in [0.25, 0.3) is 0 Å². The second-order valence-corrected chi connectivity index (χ2v) is 9.13. The van der Waals surface area contributed by atoms with E-state index >= 15 is 0 Å². The SMILES string of the molecule is COC(=O)/C=C/C1OC1CCN(c1cc(OC)cc(OC)c1)S(=O)(=O)c1ccc(C)cc1. The van der Waals surface area contributed by atoms with Crippen molar-refractivity contribution in [2.45, 2.75) is 30.4 Å². The van der Waals surface area contributed by atoms with E-state index < -0.39 is 16.0 Å². The van der Waals surface area contributed by atoms with Crippen LogP contribution >= 0.6 is 0 Å². The predicted molar refractivity (Wildman–Crippen MR) is 120 cm³/mol. The number of methoxy groups -OCH3 is 3. The van der Waals surface area contributed by atoms with Gasteiger partial charge in [-0.3, -0.25) is 4.31 Å². The van der Waals surface area contributed by atoms with Gasteiger partial charge in [0.1, 0.15) is 17.6 Å². The first kappa shape index (κ1) is 23.6. The van der Waals surface area contributed by atoms with Crippen molar-refractivity contribution in [1.82, 2.24) is 0 Å².